The van der Waals surface area contributed by atoms with E-state index >= 15 is 0 Å². The Labute approximate surface area is 65.7 Å². The van der Waals surface area contributed by atoms with E-state index in [0.717, 1.165) is 25.1 Å². The lowest BCUT2D eigenvalue weighted by Crippen LogP contribution is -2.09. The first-order chi connectivity index (χ1) is 5.25. The first kappa shape index (κ1) is 7.80. The van der Waals surface area contributed by atoms with E-state index in [1.807, 2.05) is 6.07 Å². The van der Waals surface area contributed by atoms with Crippen molar-refractivity contribution in [2.24, 2.45) is 0 Å². The summed E-state index contributed by atoms with van der Waals surface area (Å²) in [6.07, 6.45) is 1.86. The van der Waals surface area contributed by atoms with Gasteiger partial charge in [-0.15, -0.1) is 0 Å². The summed E-state index contributed by atoms with van der Waals surface area (Å²) in [5, 5.41) is 11.6. The van der Waals surface area contributed by atoms with Gasteiger partial charge in [0, 0.05) is 12.2 Å². The molecule has 0 spiro atoms. The number of hydrogen-bond acceptors (Lipinski definition) is 3. The quantitative estimate of drug-likeness (QED) is 0.443. The van der Waals surface area contributed by atoms with Crippen LogP contribution in [-0.4, -0.2) is 12.3 Å². The molecule has 0 radical (unpaired) electrons. The number of carbonyl (C=O) groups is 1. The molecule has 1 N–H and O–H groups in total. The summed E-state index contributed by atoms with van der Waals surface area (Å²) in [5.41, 5.74) is 1.11. The molecule has 0 aromatic carbocycles. The van der Waals surface area contributed by atoms with Crippen molar-refractivity contribution >= 4 is 5.78 Å². The molecular weight excluding hydrogens is 140 g/mol. The van der Waals surface area contributed by atoms with Gasteiger partial charge in [-0.3, -0.25) is 4.79 Å². The molecule has 1 aliphatic heterocycles. The monoisotopic (exact) mass is 150 g/mol. The van der Waals surface area contributed by atoms with Crippen LogP contribution in [0.25, 0.3) is 0 Å². The van der Waals surface area contributed by atoms with Crippen LogP contribution in [0.4, 0.5) is 0 Å². The highest BCUT2D eigenvalue weighted by atomic mass is 16.1. The lowest BCUT2D eigenvalue weighted by atomic mass is 10.1. The summed E-state index contributed by atoms with van der Waals surface area (Å²) in [5.74, 6) is -0.142. The van der Waals surface area contributed by atoms with Crippen molar-refractivity contribution in [3.8, 4) is 6.07 Å². The van der Waals surface area contributed by atoms with Crippen molar-refractivity contribution in [1.82, 2.24) is 5.32 Å². The molecule has 58 valence electrons. The zero-order valence-electron chi connectivity index (χ0n) is 6.48. The lowest BCUT2D eigenvalue weighted by Gasteiger charge is -1.98. The zero-order valence-corrected chi connectivity index (χ0v) is 6.48. The smallest absolute Gasteiger partial charge is 0.172 e. The minimum atomic E-state index is -0.142. The van der Waals surface area contributed by atoms with E-state index in [9.17, 15) is 4.79 Å². The molecule has 0 amide bonds. The van der Waals surface area contributed by atoms with E-state index in [2.05, 4.69) is 5.32 Å². The van der Waals surface area contributed by atoms with Gasteiger partial charge >= 0.3 is 0 Å². The largest absolute Gasteiger partial charge is 0.387 e. The van der Waals surface area contributed by atoms with Gasteiger partial charge in [-0.2, -0.15) is 5.26 Å². The number of Topliss-reactive ketones (excluding diaryl/α,β-unsaturated/α-hetero) is 1. The van der Waals surface area contributed by atoms with Gasteiger partial charge in [0.1, 0.15) is 11.6 Å². The molecule has 0 unspecified atom stereocenters. The third-order valence-corrected chi connectivity index (χ3v) is 1.71. The SMILES string of the molecule is CC(=O)/C(C#N)=C1/CCCN1. The van der Waals surface area contributed by atoms with Gasteiger partial charge in [0.25, 0.3) is 0 Å². The Balaban J connectivity index is 2.90. The van der Waals surface area contributed by atoms with E-state index in [-0.39, 0.29) is 5.78 Å². The molecule has 3 heteroatoms. The molecule has 1 heterocycles. The summed E-state index contributed by atoms with van der Waals surface area (Å²) in [7, 11) is 0. The van der Waals surface area contributed by atoms with E-state index in [4.69, 9.17) is 5.26 Å². The molecule has 0 saturated carbocycles. The third-order valence-electron chi connectivity index (χ3n) is 1.71. The maximum atomic E-state index is 10.8. The van der Waals surface area contributed by atoms with Crippen molar-refractivity contribution < 1.29 is 4.79 Å². The second-order valence-electron chi connectivity index (χ2n) is 2.55. The number of nitrogens with one attached hydrogen (secondary N) is 1. The van der Waals surface area contributed by atoms with Crippen LogP contribution in [0.2, 0.25) is 0 Å². The molecule has 0 aromatic rings. The lowest BCUT2D eigenvalue weighted by molar-refractivity contribution is -0.113. The predicted molar refractivity (Wildman–Crippen MR) is 40.6 cm³/mol. The Bertz CT molecular complexity index is 239. The van der Waals surface area contributed by atoms with E-state index in [1.54, 1.807) is 0 Å². The Kier molecular flexibility index (Phi) is 2.27. The molecule has 11 heavy (non-hydrogen) atoms. The molecular formula is C8H10N2O. The number of nitriles is 1. The van der Waals surface area contributed by atoms with Gasteiger partial charge in [0.15, 0.2) is 5.78 Å². The van der Waals surface area contributed by atoms with Crippen LogP contribution < -0.4 is 5.32 Å². The van der Waals surface area contributed by atoms with Crippen LogP contribution in [0.5, 0.6) is 0 Å². The highest BCUT2D eigenvalue weighted by Gasteiger charge is 2.14. The molecule has 1 saturated heterocycles. The molecule has 1 fully saturated rings. The highest BCUT2D eigenvalue weighted by Crippen LogP contribution is 2.13. The minimum Gasteiger partial charge on any atom is -0.387 e. The minimum absolute atomic E-state index is 0.142. The maximum Gasteiger partial charge on any atom is 0.172 e. The van der Waals surface area contributed by atoms with Crippen LogP contribution in [-0.2, 0) is 4.79 Å². The normalized spacial score (nSPS) is 20.4. The first-order valence-electron chi connectivity index (χ1n) is 3.63. The molecule has 0 bridgehead atoms. The number of ketones is 1. The Morgan fingerprint density at radius 3 is 2.82 bits per heavy atom. The number of carbonyl (C=O) groups excluding carboxylic acids is 1. The number of allylic oxidation sites excluding steroid dienone is 2. The fourth-order valence-corrected chi connectivity index (χ4v) is 1.16. The van der Waals surface area contributed by atoms with Gasteiger partial charge in [-0.05, 0) is 19.8 Å². The molecule has 0 aromatic heterocycles. The molecule has 0 aliphatic carbocycles. The van der Waals surface area contributed by atoms with Crippen molar-refractivity contribution in [1.29, 1.82) is 5.26 Å². The standard InChI is InChI=1S/C8H10N2O/c1-6(11)7(5-9)8-3-2-4-10-8/h10H,2-4H2,1H3/b8-7-. The number of rotatable bonds is 1. The summed E-state index contributed by atoms with van der Waals surface area (Å²) in [6.45, 7) is 2.30. The zero-order chi connectivity index (χ0) is 8.27. The van der Waals surface area contributed by atoms with Crippen LogP contribution >= 0.6 is 0 Å². The summed E-state index contributed by atoms with van der Waals surface area (Å²) >= 11 is 0. The second kappa shape index (κ2) is 3.20. The molecule has 0 atom stereocenters. The average Bonchev–Trinajstić information content (AvgIpc) is 2.40. The number of hydrogen-bond donors (Lipinski definition) is 1. The van der Waals surface area contributed by atoms with Crippen LogP contribution in [0.3, 0.4) is 0 Å². The van der Waals surface area contributed by atoms with E-state index in [1.165, 1.54) is 6.92 Å². The summed E-state index contributed by atoms with van der Waals surface area (Å²) in [4.78, 5) is 10.8. The number of nitrogens with zero attached hydrogens (tertiary/aromatic N) is 1. The van der Waals surface area contributed by atoms with Gasteiger partial charge in [-0.25, -0.2) is 0 Å². The molecule has 3 nitrogen and oxygen atoms in total. The van der Waals surface area contributed by atoms with Gasteiger partial charge < -0.3 is 5.32 Å². The second-order valence-corrected chi connectivity index (χ2v) is 2.55. The van der Waals surface area contributed by atoms with Gasteiger partial charge in [0.05, 0.1) is 0 Å². The molecule has 1 aliphatic rings. The molecule has 1 rings (SSSR count). The van der Waals surface area contributed by atoms with E-state index in [0.29, 0.717) is 5.57 Å². The van der Waals surface area contributed by atoms with Crippen molar-refractivity contribution in [2.75, 3.05) is 6.54 Å². The Morgan fingerprint density at radius 1 is 1.73 bits per heavy atom. The third kappa shape index (κ3) is 1.58. The predicted octanol–water partition coefficient (Wildman–Crippen LogP) is 0.736. The fourth-order valence-electron chi connectivity index (χ4n) is 1.16. The Morgan fingerprint density at radius 2 is 2.45 bits per heavy atom. The van der Waals surface area contributed by atoms with Crippen LogP contribution in [0, 0.1) is 11.3 Å². The first-order valence-corrected chi connectivity index (χ1v) is 3.63. The fraction of sp³-hybridized carbons (Fsp3) is 0.500. The Hall–Kier alpha value is -1.30. The summed E-state index contributed by atoms with van der Waals surface area (Å²) in [6, 6.07) is 1.91. The van der Waals surface area contributed by atoms with Crippen molar-refractivity contribution in [3.63, 3.8) is 0 Å². The summed E-state index contributed by atoms with van der Waals surface area (Å²) < 4.78 is 0. The average molecular weight is 150 g/mol. The topological polar surface area (TPSA) is 52.9 Å². The van der Waals surface area contributed by atoms with Crippen molar-refractivity contribution in [2.45, 2.75) is 19.8 Å². The van der Waals surface area contributed by atoms with Crippen LogP contribution in [0.1, 0.15) is 19.8 Å². The maximum absolute atomic E-state index is 10.8. The van der Waals surface area contributed by atoms with Crippen LogP contribution in [0.15, 0.2) is 11.3 Å². The van der Waals surface area contributed by atoms with Crippen molar-refractivity contribution in [3.05, 3.63) is 11.3 Å². The highest BCUT2D eigenvalue weighted by molar-refractivity contribution is 5.97. The van der Waals surface area contributed by atoms with Gasteiger partial charge in [-0.1, -0.05) is 0 Å². The van der Waals surface area contributed by atoms with Gasteiger partial charge in [0.2, 0.25) is 0 Å². The van der Waals surface area contributed by atoms with E-state index < -0.39 is 0 Å².